The Balaban J connectivity index is 2.97. The molecule has 0 saturated heterocycles. The van der Waals surface area contributed by atoms with Crippen LogP contribution in [-0.2, 0) is 0 Å². The molecule has 0 fully saturated rings. The molecule has 18 heavy (non-hydrogen) atoms. The van der Waals surface area contributed by atoms with Crippen molar-refractivity contribution in [2.75, 3.05) is 13.1 Å². The van der Waals surface area contributed by atoms with Gasteiger partial charge >= 0.3 is 0 Å². The Bertz CT molecular complexity index is 478. The molecule has 1 rings (SSSR count). The summed E-state index contributed by atoms with van der Waals surface area (Å²) in [4.78, 5) is 14.0. The first kappa shape index (κ1) is 14.1. The van der Waals surface area contributed by atoms with Crippen LogP contribution in [0.15, 0.2) is 6.07 Å². The second-order valence-electron chi connectivity index (χ2n) is 4.36. The van der Waals surface area contributed by atoms with Gasteiger partial charge in [0.05, 0.1) is 28.9 Å². The molecule has 0 aliphatic rings. The van der Waals surface area contributed by atoms with Gasteiger partial charge < -0.3 is 4.90 Å². The van der Waals surface area contributed by atoms with E-state index >= 15 is 0 Å². The van der Waals surface area contributed by atoms with Crippen molar-refractivity contribution in [2.45, 2.75) is 27.7 Å². The van der Waals surface area contributed by atoms with E-state index in [1.807, 2.05) is 6.92 Å². The van der Waals surface area contributed by atoms with Gasteiger partial charge in [0.15, 0.2) is 0 Å². The molecular formula is C13H18N4O. The third kappa shape index (κ3) is 3.27. The number of rotatable bonds is 4. The van der Waals surface area contributed by atoms with Gasteiger partial charge in [-0.25, -0.2) is 0 Å². The average Bonchev–Trinajstić information content (AvgIpc) is 2.37. The Labute approximate surface area is 107 Å². The molecule has 96 valence electrons. The fourth-order valence-electron chi connectivity index (χ4n) is 1.66. The zero-order valence-corrected chi connectivity index (χ0v) is 11.3. The van der Waals surface area contributed by atoms with E-state index in [-0.39, 0.29) is 11.8 Å². The average molecular weight is 246 g/mol. The Morgan fingerprint density at radius 3 is 2.72 bits per heavy atom. The molecule has 0 spiro atoms. The quantitative estimate of drug-likeness (QED) is 0.811. The Hall–Kier alpha value is -1.96. The zero-order valence-electron chi connectivity index (χ0n) is 11.3. The maximum absolute atomic E-state index is 12.3. The van der Waals surface area contributed by atoms with Gasteiger partial charge in [0.1, 0.15) is 0 Å². The van der Waals surface area contributed by atoms with Crippen molar-refractivity contribution in [1.82, 2.24) is 15.1 Å². The third-order valence-electron chi connectivity index (χ3n) is 2.71. The highest BCUT2D eigenvalue weighted by Gasteiger charge is 2.19. The largest absolute Gasteiger partial charge is 0.338 e. The van der Waals surface area contributed by atoms with Crippen molar-refractivity contribution in [3.8, 4) is 6.07 Å². The predicted molar refractivity (Wildman–Crippen MR) is 67.9 cm³/mol. The number of amides is 1. The van der Waals surface area contributed by atoms with Crippen LogP contribution in [0.25, 0.3) is 0 Å². The molecule has 1 aromatic heterocycles. The normalized spacial score (nSPS) is 11.7. The summed E-state index contributed by atoms with van der Waals surface area (Å²) in [6.07, 6.45) is 0. The fraction of sp³-hybridized carbons (Fsp3) is 0.538. The Kier molecular flexibility index (Phi) is 4.78. The summed E-state index contributed by atoms with van der Waals surface area (Å²) in [6.45, 7) is 8.29. The smallest absolute Gasteiger partial charge is 0.255 e. The van der Waals surface area contributed by atoms with Gasteiger partial charge in [-0.15, -0.1) is 0 Å². The van der Waals surface area contributed by atoms with Gasteiger partial charge in [-0.3, -0.25) is 4.79 Å². The van der Waals surface area contributed by atoms with Crippen molar-refractivity contribution < 1.29 is 4.79 Å². The minimum Gasteiger partial charge on any atom is -0.338 e. The van der Waals surface area contributed by atoms with Gasteiger partial charge in [0, 0.05) is 13.1 Å². The first-order valence-electron chi connectivity index (χ1n) is 5.99. The first-order chi connectivity index (χ1) is 8.49. The molecule has 0 N–H and O–H groups in total. The summed E-state index contributed by atoms with van der Waals surface area (Å²) < 4.78 is 0. The van der Waals surface area contributed by atoms with Crippen LogP contribution in [0.1, 0.15) is 35.6 Å². The fourth-order valence-corrected chi connectivity index (χ4v) is 1.66. The van der Waals surface area contributed by atoms with Gasteiger partial charge in [0.25, 0.3) is 5.91 Å². The minimum absolute atomic E-state index is 0.0879. The molecule has 0 aliphatic heterocycles. The standard InChI is InChI=1S/C13H18N4O/c1-5-17(8-9(2)7-14)13(18)12-6-10(3)15-16-11(12)4/h6,9H,5,8H2,1-4H3. The van der Waals surface area contributed by atoms with E-state index in [1.165, 1.54) is 0 Å². The summed E-state index contributed by atoms with van der Waals surface area (Å²) >= 11 is 0. The van der Waals surface area contributed by atoms with E-state index in [2.05, 4.69) is 16.3 Å². The Morgan fingerprint density at radius 1 is 1.50 bits per heavy atom. The van der Waals surface area contributed by atoms with Crippen molar-refractivity contribution in [1.29, 1.82) is 5.26 Å². The molecule has 0 bridgehead atoms. The number of aryl methyl sites for hydroxylation is 2. The van der Waals surface area contributed by atoms with Crippen LogP contribution in [0.5, 0.6) is 0 Å². The van der Waals surface area contributed by atoms with Crippen molar-refractivity contribution in [3.05, 3.63) is 23.0 Å². The lowest BCUT2D eigenvalue weighted by molar-refractivity contribution is 0.0751. The van der Waals surface area contributed by atoms with Crippen molar-refractivity contribution >= 4 is 5.91 Å². The Morgan fingerprint density at radius 2 is 2.17 bits per heavy atom. The second-order valence-corrected chi connectivity index (χ2v) is 4.36. The predicted octanol–water partition coefficient (Wildman–Crippen LogP) is 1.72. The molecule has 5 heteroatoms. The van der Waals surface area contributed by atoms with Crippen LogP contribution in [0.3, 0.4) is 0 Å². The van der Waals surface area contributed by atoms with E-state index in [0.717, 1.165) is 0 Å². The lowest BCUT2D eigenvalue weighted by atomic mass is 10.1. The van der Waals surface area contributed by atoms with E-state index in [9.17, 15) is 4.79 Å². The minimum atomic E-state index is -0.176. The van der Waals surface area contributed by atoms with E-state index < -0.39 is 0 Å². The second kappa shape index (κ2) is 6.10. The number of carbonyl (C=O) groups is 1. The molecule has 1 atom stereocenters. The number of nitrogens with zero attached hydrogens (tertiary/aromatic N) is 4. The number of hydrogen-bond donors (Lipinski definition) is 0. The highest BCUT2D eigenvalue weighted by molar-refractivity contribution is 5.95. The first-order valence-corrected chi connectivity index (χ1v) is 5.99. The van der Waals surface area contributed by atoms with Crippen LogP contribution in [0.2, 0.25) is 0 Å². The number of hydrogen-bond acceptors (Lipinski definition) is 4. The van der Waals surface area contributed by atoms with Crippen LogP contribution in [0.4, 0.5) is 0 Å². The van der Waals surface area contributed by atoms with Gasteiger partial charge in [-0.1, -0.05) is 0 Å². The monoisotopic (exact) mass is 246 g/mol. The summed E-state index contributed by atoms with van der Waals surface area (Å²) in [5.41, 5.74) is 1.90. The van der Waals surface area contributed by atoms with Crippen molar-refractivity contribution in [3.63, 3.8) is 0 Å². The molecule has 0 radical (unpaired) electrons. The lowest BCUT2D eigenvalue weighted by Gasteiger charge is -2.22. The zero-order chi connectivity index (χ0) is 13.7. The van der Waals surface area contributed by atoms with Gasteiger partial charge in [-0.2, -0.15) is 15.5 Å². The topological polar surface area (TPSA) is 69.9 Å². The van der Waals surface area contributed by atoms with Crippen LogP contribution < -0.4 is 0 Å². The molecular weight excluding hydrogens is 228 g/mol. The van der Waals surface area contributed by atoms with Crippen molar-refractivity contribution in [2.24, 2.45) is 5.92 Å². The summed E-state index contributed by atoms with van der Waals surface area (Å²) in [5.74, 6) is -0.264. The molecule has 1 unspecified atom stereocenters. The number of carbonyl (C=O) groups excluding carboxylic acids is 1. The third-order valence-corrected chi connectivity index (χ3v) is 2.71. The van der Waals surface area contributed by atoms with E-state index in [1.54, 1.807) is 31.7 Å². The van der Waals surface area contributed by atoms with E-state index in [0.29, 0.717) is 30.0 Å². The highest BCUT2D eigenvalue weighted by atomic mass is 16.2. The number of aromatic nitrogens is 2. The number of nitriles is 1. The van der Waals surface area contributed by atoms with E-state index in [4.69, 9.17) is 5.26 Å². The molecule has 0 aromatic carbocycles. The summed E-state index contributed by atoms with van der Waals surface area (Å²) in [7, 11) is 0. The molecule has 0 saturated carbocycles. The summed E-state index contributed by atoms with van der Waals surface area (Å²) in [5, 5.41) is 16.7. The van der Waals surface area contributed by atoms with Crippen LogP contribution in [-0.4, -0.2) is 34.1 Å². The molecule has 1 aromatic rings. The molecule has 1 heterocycles. The summed E-state index contributed by atoms with van der Waals surface area (Å²) in [6, 6.07) is 3.88. The highest BCUT2D eigenvalue weighted by Crippen LogP contribution is 2.11. The molecule has 5 nitrogen and oxygen atoms in total. The molecule has 1 amide bonds. The van der Waals surface area contributed by atoms with Crippen LogP contribution in [0, 0.1) is 31.1 Å². The SMILES string of the molecule is CCN(CC(C)C#N)C(=O)c1cc(C)nnc1C. The molecule has 0 aliphatic carbocycles. The lowest BCUT2D eigenvalue weighted by Crippen LogP contribution is -2.35. The maximum atomic E-state index is 12.3. The van der Waals surface area contributed by atoms with Gasteiger partial charge in [-0.05, 0) is 33.8 Å². The van der Waals surface area contributed by atoms with Gasteiger partial charge in [0.2, 0.25) is 0 Å². The maximum Gasteiger partial charge on any atom is 0.255 e. The van der Waals surface area contributed by atoms with Crippen LogP contribution >= 0.6 is 0 Å².